The van der Waals surface area contributed by atoms with Crippen LogP contribution in [0.4, 0.5) is 0 Å². The number of methoxy groups -OCH3 is 1. The van der Waals surface area contributed by atoms with Crippen LogP contribution in [-0.2, 0) is 47.7 Å². The van der Waals surface area contributed by atoms with Crippen LogP contribution in [0.3, 0.4) is 0 Å². The van der Waals surface area contributed by atoms with E-state index in [1.54, 1.807) is 20.8 Å². The van der Waals surface area contributed by atoms with Gasteiger partial charge in [-0.3, -0.25) is 4.79 Å². The van der Waals surface area contributed by atoms with E-state index >= 15 is 0 Å². The highest BCUT2D eigenvalue weighted by Crippen LogP contribution is 2.72. The van der Waals surface area contributed by atoms with E-state index in [1.807, 2.05) is 6.92 Å². The summed E-state index contributed by atoms with van der Waals surface area (Å²) in [7, 11) is 1.17. The van der Waals surface area contributed by atoms with Crippen molar-refractivity contribution in [1.82, 2.24) is 0 Å². The first-order valence-electron chi connectivity index (χ1n) is 14.0. The minimum absolute atomic E-state index is 0.115. The van der Waals surface area contributed by atoms with Gasteiger partial charge in [-0.25, -0.2) is 19.2 Å². The molecule has 3 aliphatic carbocycles. The van der Waals surface area contributed by atoms with Crippen molar-refractivity contribution in [2.75, 3.05) is 20.3 Å². The van der Waals surface area contributed by atoms with Crippen LogP contribution in [0.1, 0.15) is 47.0 Å². The number of nitrogens with two attached hydrogens (primary N) is 1. The van der Waals surface area contributed by atoms with Gasteiger partial charge in [0.15, 0.2) is 17.1 Å². The molecule has 2 unspecified atom stereocenters. The molecule has 0 aromatic heterocycles. The van der Waals surface area contributed by atoms with E-state index in [1.165, 1.54) is 13.2 Å². The third-order valence-corrected chi connectivity index (χ3v) is 10.0. The van der Waals surface area contributed by atoms with Gasteiger partial charge in [-0.05, 0) is 44.1 Å². The Bertz CT molecular complexity index is 1300. The molecule has 0 radical (unpaired) electrons. The highest BCUT2D eigenvalue weighted by atomic mass is 16.6. The molecule has 2 saturated carbocycles. The lowest BCUT2D eigenvalue weighted by Crippen LogP contribution is -2.75. The lowest BCUT2D eigenvalue weighted by atomic mass is 9.38. The average Bonchev–Trinajstić information content (AvgIpc) is 3.16. The maximum Gasteiger partial charge on any atom is 0.348 e. The number of aliphatic hydroxyl groups excluding tert-OH is 2. The van der Waals surface area contributed by atoms with Gasteiger partial charge in [-0.2, -0.15) is 0 Å². The minimum atomic E-state index is -1.80. The molecular formula is C29H37NO12. The van der Waals surface area contributed by atoms with Crippen LogP contribution in [0.5, 0.6) is 0 Å². The van der Waals surface area contributed by atoms with E-state index in [-0.39, 0.29) is 31.6 Å². The molecule has 0 aromatic carbocycles. The van der Waals surface area contributed by atoms with Crippen molar-refractivity contribution in [1.29, 1.82) is 0 Å². The number of fused-ring (bicyclic) bond motifs is 2. The van der Waals surface area contributed by atoms with Gasteiger partial charge < -0.3 is 39.6 Å². The fourth-order valence-corrected chi connectivity index (χ4v) is 8.67. The van der Waals surface area contributed by atoms with Gasteiger partial charge in [0.25, 0.3) is 0 Å². The topological polar surface area (TPSA) is 198 Å². The number of ketones is 1. The molecule has 2 aliphatic heterocycles. The molecule has 4 fully saturated rings. The Morgan fingerprint density at radius 1 is 1.21 bits per heavy atom. The van der Waals surface area contributed by atoms with Crippen molar-refractivity contribution >= 4 is 29.7 Å². The Morgan fingerprint density at radius 3 is 2.52 bits per heavy atom. The molecule has 230 valence electrons. The number of rotatable bonds is 6. The molecule has 2 heterocycles. The van der Waals surface area contributed by atoms with Gasteiger partial charge in [0.2, 0.25) is 6.10 Å². The molecule has 0 amide bonds. The largest absolute Gasteiger partial charge is 0.467 e. The third-order valence-electron chi connectivity index (χ3n) is 10.0. The summed E-state index contributed by atoms with van der Waals surface area (Å²) >= 11 is 0. The van der Waals surface area contributed by atoms with Crippen LogP contribution in [-0.4, -0.2) is 90.2 Å². The fraction of sp³-hybridized carbons (Fsp3) is 0.690. The van der Waals surface area contributed by atoms with Crippen molar-refractivity contribution in [3.63, 3.8) is 0 Å². The first-order valence-corrected chi connectivity index (χ1v) is 14.0. The number of hydrogen-bond donors (Lipinski definition) is 3. The molecule has 1 spiro atoms. The molecule has 0 aromatic rings. The second-order valence-electron chi connectivity index (χ2n) is 12.6. The number of carbonyl (C=O) groups is 5. The molecule has 13 nitrogen and oxygen atoms in total. The van der Waals surface area contributed by atoms with Crippen LogP contribution < -0.4 is 5.73 Å². The minimum Gasteiger partial charge on any atom is -0.467 e. The quantitative estimate of drug-likeness (QED) is 0.210. The molecule has 2 bridgehead atoms. The summed E-state index contributed by atoms with van der Waals surface area (Å²) in [6.07, 6.45) is -2.67. The van der Waals surface area contributed by atoms with Crippen LogP contribution in [0.2, 0.25) is 0 Å². The standard InChI is InChI=1S/C29H37NO12/c1-12(2)6-19(34)41-21-23-28-11-39-29(23,26(37)38-5)9-17(33)22(28)27(4)8-16(32)20(42-24(35)15(30)10-31)13(3)14(27)7-18(28)40-25(21)36/h6,14-15,17-18,21-23,31,33H,7-11,30H2,1-5H3/t14?,15-,17-,18+,21+,22?,23+,27-,28+,29+/m0/s1. The van der Waals surface area contributed by atoms with E-state index < -0.39 is 94.8 Å². The summed E-state index contributed by atoms with van der Waals surface area (Å²) in [6.45, 7) is 6.07. The van der Waals surface area contributed by atoms with Gasteiger partial charge in [-0.1, -0.05) is 12.5 Å². The second-order valence-corrected chi connectivity index (χ2v) is 12.6. The van der Waals surface area contributed by atoms with Crippen LogP contribution in [0, 0.1) is 28.6 Å². The van der Waals surface area contributed by atoms with Gasteiger partial charge in [0.05, 0.1) is 32.3 Å². The molecule has 42 heavy (non-hydrogen) atoms. The number of allylic oxidation sites excluding steroid dienone is 3. The zero-order chi connectivity index (χ0) is 30.9. The third kappa shape index (κ3) is 4.08. The molecular weight excluding hydrogens is 554 g/mol. The molecule has 4 N–H and O–H groups in total. The van der Waals surface area contributed by atoms with Crippen molar-refractivity contribution in [3.8, 4) is 0 Å². The number of hydrogen-bond acceptors (Lipinski definition) is 13. The first-order chi connectivity index (χ1) is 19.7. The predicted octanol–water partition coefficient (Wildman–Crippen LogP) is -0.149. The lowest BCUT2D eigenvalue weighted by Gasteiger charge is -2.66. The summed E-state index contributed by atoms with van der Waals surface area (Å²) in [5, 5.41) is 21.0. The molecule has 13 heteroatoms. The zero-order valence-electron chi connectivity index (χ0n) is 24.2. The van der Waals surface area contributed by atoms with Crippen molar-refractivity contribution < 1.29 is 57.9 Å². The smallest absolute Gasteiger partial charge is 0.348 e. The number of esters is 4. The van der Waals surface area contributed by atoms with Crippen molar-refractivity contribution in [2.45, 2.75) is 76.9 Å². The van der Waals surface area contributed by atoms with Crippen LogP contribution in [0.25, 0.3) is 0 Å². The lowest BCUT2D eigenvalue weighted by molar-refractivity contribution is -0.269. The fourth-order valence-electron chi connectivity index (χ4n) is 8.67. The number of ether oxygens (including phenoxy) is 5. The normalized spacial score (nSPS) is 40.7. The molecule has 10 atom stereocenters. The summed E-state index contributed by atoms with van der Waals surface area (Å²) in [5.41, 5.74) is 2.67. The van der Waals surface area contributed by atoms with Gasteiger partial charge in [0.1, 0.15) is 12.1 Å². The Hall–Kier alpha value is -3.13. The predicted molar refractivity (Wildman–Crippen MR) is 140 cm³/mol. The number of carbonyl (C=O) groups excluding carboxylic acids is 5. The molecule has 5 aliphatic rings. The summed E-state index contributed by atoms with van der Waals surface area (Å²) in [4.78, 5) is 65.6. The summed E-state index contributed by atoms with van der Waals surface area (Å²) in [6, 6.07) is -1.34. The summed E-state index contributed by atoms with van der Waals surface area (Å²) < 4.78 is 28.3. The van der Waals surface area contributed by atoms with E-state index in [9.17, 15) is 34.2 Å². The maximum atomic E-state index is 13.5. The van der Waals surface area contributed by atoms with E-state index in [2.05, 4.69) is 0 Å². The van der Waals surface area contributed by atoms with Gasteiger partial charge in [-0.15, -0.1) is 0 Å². The Morgan fingerprint density at radius 2 is 1.90 bits per heavy atom. The maximum absolute atomic E-state index is 13.5. The SMILES string of the molecule is COC(=O)[C@@]12C[C@H](O)C3[C@@]4(C)CC(=O)C(OC(=O)[C@@H](N)CO)=C(C)C4C[C@H]4OC(=O)[C@H](OC(=O)C=C(C)C)[C@@H]1[C@@]34CO2. The number of Topliss-reactive ketones (excluding diaryl/α,β-unsaturated/α-hetero) is 1. The van der Waals surface area contributed by atoms with E-state index in [4.69, 9.17) is 29.4 Å². The molecule has 5 rings (SSSR count). The average molecular weight is 592 g/mol. The van der Waals surface area contributed by atoms with Crippen molar-refractivity contribution in [3.05, 3.63) is 23.0 Å². The van der Waals surface area contributed by atoms with E-state index in [0.29, 0.717) is 11.1 Å². The van der Waals surface area contributed by atoms with E-state index in [0.717, 1.165) is 0 Å². The Kier molecular flexibility index (Phi) is 7.40. The summed E-state index contributed by atoms with van der Waals surface area (Å²) in [5.74, 6) is -6.43. The second kappa shape index (κ2) is 10.2. The highest BCUT2D eigenvalue weighted by molar-refractivity contribution is 5.98. The first kappa shape index (κ1) is 30.3. The Balaban J connectivity index is 1.64. The van der Waals surface area contributed by atoms with Crippen LogP contribution in [0.15, 0.2) is 23.0 Å². The van der Waals surface area contributed by atoms with Crippen LogP contribution >= 0.6 is 0 Å². The molecule has 2 saturated heterocycles. The monoisotopic (exact) mass is 591 g/mol. The van der Waals surface area contributed by atoms with Crippen molar-refractivity contribution in [2.24, 2.45) is 34.3 Å². The van der Waals surface area contributed by atoms with Gasteiger partial charge >= 0.3 is 23.9 Å². The Labute approximate surface area is 242 Å². The number of aliphatic hydroxyl groups is 2. The zero-order valence-corrected chi connectivity index (χ0v) is 24.2. The van der Waals surface area contributed by atoms with Gasteiger partial charge in [0, 0.05) is 30.3 Å². The highest BCUT2D eigenvalue weighted by Gasteiger charge is 2.82.